The molecule has 5 nitrogen and oxygen atoms in total. The molecule has 128 valence electrons. The third-order valence-electron chi connectivity index (χ3n) is 4.12. The van der Waals surface area contributed by atoms with E-state index in [9.17, 15) is 14.3 Å². The fourth-order valence-electron chi connectivity index (χ4n) is 2.90. The summed E-state index contributed by atoms with van der Waals surface area (Å²) in [5, 5.41) is 15.5. The molecular formula is C17H20FN3O2S. The van der Waals surface area contributed by atoms with E-state index in [4.69, 9.17) is 0 Å². The zero-order chi connectivity index (χ0) is 17.0. The number of carbonyl (C=O) groups excluding carboxylic acids is 1. The Labute approximate surface area is 144 Å². The average molecular weight is 349 g/mol. The van der Waals surface area contributed by atoms with Gasteiger partial charge in [-0.15, -0.1) is 11.3 Å². The molecule has 3 rings (SSSR count). The predicted molar refractivity (Wildman–Crippen MR) is 91.6 cm³/mol. The van der Waals surface area contributed by atoms with Crippen molar-refractivity contribution < 1.29 is 14.3 Å². The van der Waals surface area contributed by atoms with Crippen LogP contribution in [0.25, 0.3) is 0 Å². The number of piperidine rings is 1. The summed E-state index contributed by atoms with van der Waals surface area (Å²) < 4.78 is 13.0. The number of aliphatic hydroxyl groups is 1. The van der Waals surface area contributed by atoms with Crippen molar-refractivity contribution in [3.63, 3.8) is 0 Å². The minimum absolute atomic E-state index is 0.0945. The first kappa shape index (κ1) is 16.9. The molecule has 1 fully saturated rings. The fraction of sp³-hybridized carbons (Fsp3) is 0.412. The normalized spacial score (nSPS) is 20.8. The minimum atomic E-state index is -1.00. The maximum Gasteiger partial charge on any atom is 0.225 e. The zero-order valence-corrected chi connectivity index (χ0v) is 14.1. The second-order valence-corrected chi connectivity index (χ2v) is 7.15. The topological polar surface area (TPSA) is 65.5 Å². The SMILES string of the molecule is O=C(Cc1cccs1)NCC1(O)CCCN(c2ccc(F)cn2)C1. The van der Waals surface area contributed by atoms with Gasteiger partial charge in [0.05, 0.1) is 18.2 Å². The van der Waals surface area contributed by atoms with Crippen molar-refractivity contribution in [3.8, 4) is 0 Å². The van der Waals surface area contributed by atoms with Gasteiger partial charge in [-0.25, -0.2) is 9.37 Å². The number of carbonyl (C=O) groups is 1. The van der Waals surface area contributed by atoms with E-state index < -0.39 is 5.60 Å². The van der Waals surface area contributed by atoms with Gasteiger partial charge in [0, 0.05) is 24.5 Å². The molecule has 7 heteroatoms. The van der Waals surface area contributed by atoms with E-state index in [2.05, 4.69) is 10.3 Å². The van der Waals surface area contributed by atoms with Crippen molar-refractivity contribution in [3.05, 3.63) is 46.5 Å². The standard InChI is InChI=1S/C17H20FN3O2S/c18-13-4-5-15(19-10-13)21-7-2-6-17(23,12-21)11-20-16(22)9-14-3-1-8-24-14/h1,3-5,8,10,23H,2,6-7,9,11-12H2,(H,20,22). The second kappa shape index (κ2) is 7.27. The van der Waals surface area contributed by atoms with Gasteiger partial charge in [0.25, 0.3) is 0 Å². The number of anilines is 1. The lowest BCUT2D eigenvalue weighted by molar-refractivity contribution is -0.121. The number of hydrogen-bond acceptors (Lipinski definition) is 5. The van der Waals surface area contributed by atoms with E-state index in [-0.39, 0.29) is 18.3 Å². The highest BCUT2D eigenvalue weighted by atomic mass is 32.1. The van der Waals surface area contributed by atoms with Crippen LogP contribution in [0.2, 0.25) is 0 Å². The molecule has 0 radical (unpaired) electrons. The molecule has 1 atom stereocenters. The number of β-amino-alcohol motifs (C(OH)–C–C–N with tert-alkyl or cyclic N) is 1. The van der Waals surface area contributed by atoms with Crippen molar-refractivity contribution in [2.45, 2.75) is 24.9 Å². The Balaban J connectivity index is 1.56. The summed E-state index contributed by atoms with van der Waals surface area (Å²) in [5.74, 6) is 0.161. The second-order valence-electron chi connectivity index (χ2n) is 6.12. The maximum absolute atomic E-state index is 13.0. The number of amides is 1. The van der Waals surface area contributed by atoms with Gasteiger partial charge < -0.3 is 15.3 Å². The van der Waals surface area contributed by atoms with Crippen molar-refractivity contribution in [1.82, 2.24) is 10.3 Å². The molecule has 3 heterocycles. The largest absolute Gasteiger partial charge is 0.386 e. The third kappa shape index (κ3) is 4.30. The van der Waals surface area contributed by atoms with Crippen LogP contribution in [0.3, 0.4) is 0 Å². The smallest absolute Gasteiger partial charge is 0.225 e. The molecule has 1 aliphatic rings. The van der Waals surface area contributed by atoms with Gasteiger partial charge >= 0.3 is 0 Å². The van der Waals surface area contributed by atoms with Gasteiger partial charge in [0.2, 0.25) is 5.91 Å². The molecule has 0 bridgehead atoms. The van der Waals surface area contributed by atoms with Crippen LogP contribution in [-0.4, -0.2) is 41.2 Å². The van der Waals surface area contributed by atoms with Crippen LogP contribution in [0.5, 0.6) is 0 Å². The molecule has 1 aliphatic heterocycles. The number of halogens is 1. The highest BCUT2D eigenvalue weighted by molar-refractivity contribution is 7.10. The van der Waals surface area contributed by atoms with Gasteiger partial charge in [0.15, 0.2) is 0 Å². The van der Waals surface area contributed by atoms with Crippen LogP contribution in [0.4, 0.5) is 10.2 Å². The molecule has 0 aromatic carbocycles. The van der Waals surface area contributed by atoms with Crippen molar-refractivity contribution in [2.75, 3.05) is 24.5 Å². The van der Waals surface area contributed by atoms with E-state index in [0.29, 0.717) is 25.2 Å². The molecule has 2 aromatic rings. The van der Waals surface area contributed by atoms with E-state index in [0.717, 1.165) is 17.8 Å². The molecule has 2 aromatic heterocycles. The lowest BCUT2D eigenvalue weighted by Crippen LogP contribution is -2.54. The first-order valence-electron chi connectivity index (χ1n) is 7.92. The van der Waals surface area contributed by atoms with Crippen molar-refractivity contribution >= 4 is 23.1 Å². The molecule has 1 unspecified atom stereocenters. The molecule has 24 heavy (non-hydrogen) atoms. The molecule has 0 saturated carbocycles. The number of nitrogens with one attached hydrogen (secondary N) is 1. The Bertz CT molecular complexity index is 678. The van der Waals surface area contributed by atoms with Crippen LogP contribution in [0.15, 0.2) is 35.8 Å². The zero-order valence-electron chi connectivity index (χ0n) is 13.2. The summed E-state index contributed by atoms with van der Waals surface area (Å²) in [6.45, 7) is 1.32. The monoisotopic (exact) mass is 349 g/mol. The molecule has 1 amide bonds. The molecule has 2 N–H and O–H groups in total. The predicted octanol–water partition coefficient (Wildman–Crippen LogP) is 1.97. The summed E-state index contributed by atoms with van der Waals surface area (Å²) in [5.41, 5.74) is -1.00. The third-order valence-corrected chi connectivity index (χ3v) is 5.00. The van der Waals surface area contributed by atoms with E-state index in [1.54, 1.807) is 17.4 Å². The van der Waals surface area contributed by atoms with Crippen LogP contribution >= 0.6 is 11.3 Å². The van der Waals surface area contributed by atoms with E-state index in [1.807, 2.05) is 22.4 Å². The van der Waals surface area contributed by atoms with Gasteiger partial charge in [0.1, 0.15) is 11.6 Å². The van der Waals surface area contributed by atoms with E-state index >= 15 is 0 Å². The minimum Gasteiger partial charge on any atom is -0.386 e. The van der Waals surface area contributed by atoms with Crippen molar-refractivity contribution in [2.24, 2.45) is 0 Å². The molecular weight excluding hydrogens is 329 g/mol. The van der Waals surface area contributed by atoms with Crippen molar-refractivity contribution in [1.29, 1.82) is 0 Å². The number of pyridine rings is 1. The number of hydrogen-bond donors (Lipinski definition) is 2. The lowest BCUT2D eigenvalue weighted by Gasteiger charge is -2.39. The average Bonchev–Trinajstić information content (AvgIpc) is 3.07. The Morgan fingerprint density at radius 1 is 1.46 bits per heavy atom. The van der Waals surface area contributed by atoms with Crippen LogP contribution < -0.4 is 10.2 Å². The van der Waals surface area contributed by atoms with Gasteiger partial charge in [-0.3, -0.25) is 4.79 Å². The van der Waals surface area contributed by atoms with E-state index in [1.165, 1.54) is 12.3 Å². The Morgan fingerprint density at radius 2 is 2.33 bits per heavy atom. The van der Waals surface area contributed by atoms with Gasteiger partial charge in [-0.1, -0.05) is 6.07 Å². The number of thiophene rings is 1. The quantitative estimate of drug-likeness (QED) is 0.866. The van der Waals surface area contributed by atoms with Crippen LogP contribution in [0, 0.1) is 5.82 Å². The lowest BCUT2D eigenvalue weighted by atomic mass is 9.92. The highest BCUT2D eigenvalue weighted by Crippen LogP contribution is 2.24. The van der Waals surface area contributed by atoms with Crippen LogP contribution in [0.1, 0.15) is 17.7 Å². The summed E-state index contributed by atoms with van der Waals surface area (Å²) in [6.07, 6.45) is 2.91. The number of rotatable bonds is 5. The van der Waals surface area contributed by atoms with Gasteiger partial charge in [-0.05, 0) is 36.4 Å². The molecule has 0 spiro atoms. The highest BCUT2D eigenvalue weighted by Gasteiger charge is 2.34. The summed E-state index contributed by atoms with van der Waals surface area (Å²) in [4.78, 5) is 19.0. The number of aromatic nitrogens is 1. The molecule has 1 saturated heterocycles. The summed E-state index contributed by atoms with van der Waals surface area (Å²) >= 11 is 1.54. The summed E-state index contributed by atoms with van der Waals surface area (Å²) in [7, 11) is 0. The first-order valence-corrected chi connectivity index (χ1v) is 8.80. The summed E-state index contributed by atoms with van der Waals surface area (Å²) in [6, 6.07) is 6.80. The Hall–Kier alpha value is -1.99. The maximum atomic E-state index is 13.0. The molecule has 0 aliphatic carbocycles. The Kier molecular flexibility index (Phi) is 5.11. The number of nitrogens with zero attached hydrogens (tertiary/aromatic N) is 2. The van der Waals surface area contributed by atoms with Gasteiger partial charge in [-0.2, -0.15) is 0 Å². The van der Waals surface area contributed by atoms with Crippen LogP contribution in [-0.2, 0) is 11.2 Å². The Morgan fingerprint density at radius 3 is 3.04 bits per heavy atom. The first-order chi connectivity index (χ1) is 11.5. The fourth-order valence-corrected chi connectivity index (χ4v) is 3.61.